The number of aromatic nitrogens is 1. The van der Waals surface area contributed by atoms with Crippen molar-refractivity contribution in [3.05, 3.63) is 58.6 Å². The smallest absolute Gasteiger partial charge is 0.260 e. The van der Waals surface area contributed by atoms with Crippen molar-refractivity contribution >= 4 is 27.5 Å². The summed E-state index contributed by atoms with van der Waals surface area (Å²) in [5, 5.41) is 1.14. The maximum atomic E-state index is 12.5. The summed E-state index contributed by atoms with van der Waals surface area (Å²) < 4.78 is 6.96. The molecule has 0 saturated carbocycles. The molecule has 1 saturated heterocycles. The number of fused-ring (bicyclic) bond motifs is 1. The molecule has 0 bridgehead atoms. The van der Waals surface area contributed by atoms with Gasteiger partial charge in [-0.25, -0.2) is 4.98 Å². The quantitative estimate of drug-likeness (QED) is 0.662. The van der Waals surface area contributed by atoms with E-state index in [1.54, 1.807) is 11.3 Å². The Morgan fingerprint density at radius 2 is 1.79 bits per heavy atom. The highest BCUT2D eigenvalue weighted by Crippen LogP contribution is 2.23. The standard InChI is InChI=1S/C22H25N3O2S/c1-16-11-17(2)13-18(12-16)27-15-22(26)25-9-7-24(8-10-25)14-21-23-19-5-3-4-6-20(19)28-21/h3-6,11-13H,7-10,14-15H2,1-2H3. The zero-order valence-corrected chi connectivity index (χ0v) is 17.2. The van der Waals surface area contributed by atoms with Crippen LogP contribution in [0.4, 0.5) is 0 Å². The molecule has 28 heavy (non-hydrogen) atoms. The predicted molar refractivity (Wildman–Crippen MR) is 113 cm³/mol. The number of hydrogen-bond acceptors (Lipinski definition) is 5. The molecule has 2 heterocycles. The van der Waals surface area contributed by atoms with Crippen LogP contribution in [-0.4, -0.2) is 53.5 Å². The lowest BCUT2D eigenvalue weighted by atomic mass is 10.1. The molecule has 1 amide bonds. The second kappa shape index (κ2) is 8.29. The van der Waals surface area contributed by atoms with Crippen molar-refractivity contribution in [3.63, 3.8) is 0 Å². The van der Waals surface area contributed by atoms with Crippen LogP contribution in [0.2, 0.25) is 0 Å². The minimum absolute atomic E-state index is 0.0544. The molecule has 0 unspecified atom stereocenters. The highest BCUT2D eigenvalue weighted by atomic mass is 32.1. The van der Waals surface area contributed by atoms with Gasteiger partial charge in [-0.1, -0.05) is 18.2 Å². The molecule has 1 fully saturated rings. The summed E-state index contributed by atoms with van der Waals surface area (Å²) in [6.07, 6.45) is 0. The van der Waals surface area contributed by atoms with Gasteiger partial charge in [0.1, 0.15) is 10.8 Å². The van der Waals surface area contributed by atoms with Crippen molar-refractivity contribution in [3.8, 4) is 5.75 Å². The number of benzene rings is 2. The van der Waals surface area contributed by atoms with Gasteiger partial charge in [-0.2, -0.15) is 0 Å². The fraction of sp³-hybridized carbons (Fsp3) is 0.364. The van der Waals surface area contributed by atoms with Crippen molar-refractivity contribution in [2.75, 3.05) is 32.8 Å². The second-order valence-electron chi connectivity index (χ2n) is 7.34. The van der Waals surface area contributed by atoms with Crippen LogP contribution in [0.25, 0.3) is 10.2 Å². The first-order valence-corrected chi connectivity index (χ1v) is 10.4. The van der Waals surface area contributed by atoms with Crippen LogP contribution in [0.1, 0.15) is 16.1 Å². The fourth-order valence-electron chi connectivity index (χ4n) is 3.59. The van der Waals surface area contributed by atoms with Crippen LogP contribution in [-0.2, 0) is 11.3 Å². The number of amides is 1. The molecule has 0 aliphatic carbocycles. The molecule has 1 aliphatic heterocycles. The SMILES string of the molecule is Cc1cc(C)cc(OCC(=O)N2CCN(Cc3nc4ccccc4s3)CC2)c1. The number of thiazole rings is 1. The molecular formula is C22H25N3O2S. The molecule has 3 aromatic rings. The summed E-state index contributed by atoms with van der Waals surface area (Å²) in [4.78, 5) is 21.5. The van der Waals surface area contributed by atoms with Crippen LogP contribution in [0.15, 0.2) is 42.5 Å². The van der Waals surface area contributed by atoms with Gasteiger partial charge in [0.05, 0.1) is 16.8 Å². The van der Waals surface area contributed by atoms with Crippen molar-refractivity contribution in [2.24, 2.45) is 0 Å². The van der Waals surface area contributed by atoms with E-state index in [1.807, 2.05) is 36.9 Å². The van der Waals surface area contributed by atoms with E-state index in [2.05, 4.69) is 29.2 Å². The zero-order valence-electron chi connectivity index (χ0n) is 16.4. The van der Waals surface area contributed by atoms with Crippen LogP contribution < -0.4 is 4.74 Å². The Morgan fingerprint density at radius 1 is 1.07 bits per heavy atom. The molecule has 5 nitrogen and oxygen atoms in total. The summed E-state index contributed by atoms with van der Waals surface area (Å²) in [7, 11) is 0. The van der Waals surface area contributed by atoms with E-state index < -0.39 is 0 Å². The number of piperazine rings is 1. The molecule has 1 aliphatic rings. The molecule has 6 heteroatoms. The first-order chi connectivity index (χ1) is 13.6. The molecule has 2 aromatic carbocycles. The Bertz CT molecular complexity index is 924. The van der Waals surface area contributed by atoms with Gasteiger partial charge in [0.2, 0.25) is 0 Å². The first kappa shape index (κ1) is 18.9. The summed E-state index contributed by atoms with van der Waals surface area (Å²) in [5.74, 6) is 0.819. The van der Waals surface area contributed by atoms with Crippen molar-refractivity contribution in [1.29, 1.82) is 0 Å². The van der Waals surface area contributed by atoms with Crippen molar-refractivity contribution in [2.45, 2.75) is 20.4 Å². The number of rotatable bonds is 5. The summed E-state index contributed by atoms with van der Waals surface area (Å²) in [6.45, 7) is 8.22. The minimum Gasteiger partial charge on any atom is -0.484 e. The Kier molecular flexibility index (Phi) is 5.59. The summed E-state index contributed by atoms with van der Waals surface area (Å²) >= 11 is 1.75. The lowest BCUT2D eigenvalue weighted by Gasteiger charge is -2.34. The van der Waals surface area contributed by atoms with Gasteiger partial charge in [-0.15, -0.1) is 11.3 Å². The molecule has 0 spiro atoms. The number of carbonyl (C=O) groups is 1. The maximum absolute atomic E-state index is 12.5. The van der Waals surface area contributed by atoms with Crippen LogP contribution in [0, 0.1) is 13.8 Å². The monoisotopic (exact) mass is 395 g/mol. The van der Waals surface area contributed by atoms with Crippen LogP contribution >= 0.6 is 11.3 Å². The molecule has 0 radical (unpaired) electrons. The lowest BCUT2D eigenvalue weighted by Crippen LogP contribution is -2.49. The van der Waals surface area contributed by atoms with Gasteiger partial charge in [0, 0.05) is 26.2 Å². The highest BCUT2D eigenvalue weighted by Gasteiger charge is 2.22. The molecule has 0 N–H and O–H groups in total. The third-order valence-electron chi connectivity index (χ3n) is 4.98. The Hall–Kier alpha value is -2.44. The minimum atomic E-state index is 0.0544. The topological polar surface area (TPSA) is 45.7 Å². The van der Waals surface area contributed by atoms with Gasteiger partial charge >= 0.3 is 0 Å². The van der Waals surface area contributed by atoms with Crippen molar-refractivity contribution < 1.29 is 9.53 Å². The van der Waals surface area contributed by atoms with Gasteiger partial charge < -0.3 is 9.64 Å². The van der Waals surface area contributed by atoms with Crippen LogP contribution in [0.3, 0.4) is 0 Å². The summed E-state index contributed by atoms with van der Waals surface area (Å²) in [6, 6.07) is 14.3. The number of aryl methyl sites for hydroxylation is 2. The van der Waals surface area contributed by atoms with Gasteiger partial charge in [0.15, 0.2) is 6.61 Å². The van der Waals surface area contributed by atoms with E-state index in [0.29, 0.717) is 0 Å². The zero-order chi connectivity index (χ0) is 19.5. The van der Waals surface area contributed by atoms with Gasteiger partial charge in [-0.05, 0) is 49.2 Å². The number of nitrogens with zero attached hydrogens (tertiary/aromatic N) is 3. The highest BCUT2D eigenvalue weighted by molar-refractivity contribution is 7.18. The molecule has 0 atom stereocenters. The molecular weight excluding hydrogens is 370 g/mol. The predicted octanol–water partition coefficient (Wildman–Crippen LogP) is 3.64. The van der Waals surface area contributed by atoms with E-state index >= 15 is 0 Å². The van der Waals surface area contributed by atoms with E-state index in [-0.39, 0.29) is 12.5 Å². The average Bonchev–Trinajstić information content (AvgIpc) is 3.08. The van der Waals surface area contributed by atoms with E-state index in [4.69, 9.17) is 9.72 Å². The number of ether oxygens (including phenoxy) is 1. The lowest BCUT2D eigenvalue weighted by molar-refractivity contribution is -0.135. The fourth-order valence-corrected chi connectivity index (χ4v) is 4.60. The Balaban J connectivity index is 1.26. The molecule has 1 aromatic heterocycles. The maximum Gasteiger partial charge on any atom is 0.260 e. The van der Waals surface area contributed by atoms with E-state index in [0.717, 1.165) is 60.1 Å². The van der Waals surface area contributed by atoms with Crippen molar-refractivity contribution in [1.82, 2.24) is 14.8 Å². The first-order valence-electron chi connectivity index (χ1n) is 9.62. The normalized spacial score (nSPS) is 15.1. The Morgan fingerprint density at radius 3 is 2.50 bits per heavy atom. The third kappa shape index (κ3) is 4.51. The largest absolute Gasteiger partial charge is 0.484 e. The van der Waals surface area contributed by atoms with Gasteiger partial charge in [-0.3, -0.25) is 9.69 Å². The number of para-hydroxylation sites is 1. The average molecular weight is 396 g/mol. The molecule has 4 rings (SSSR count). The van der Waals surface area contributed by atoms with Gasteiger partial charge in [0.25, 0.3) is 5.91 Å². The summed E-state index contributed by atoms with van der Waals surface area (Å²) in [5.41, 5.74) is 3.36. The van der Waals surface area contributed by atoms with Crippen LogP contribution in [0.5, 0.6) is 5.75 Å². The third-order valence-corrected chi connectivity index (χ3v) is 6.00. The van der Waals surface area contributed by atoms with E-state index in [9.17, 15) is 4.79 Å². The second-order valence-corrected chi connectivity index (χ2v) is 8.46. The Labute approximate surface area is 169 Å². The molecule has 146 valence electrons. The van der Waals surface area contributed by atoms with E-state index in [1.165, 1.54) is 4.70 Å². The number of carbonyl (C=O) groups excluding carboxylic acids is 1. The number of hydrogen-bond donors (Lipinski definition) is 0.